The van der Waals surface area contributed by atoms with Crippen molar-refractivity contribution in [2.45, 2.75) is 31.8 Å². The Balaban J connectivity index is 1.59. The van der Waals surface area contributed by atoms with E-state index in [4.69, 9.17) is 9.47 Å². The Morgan fingerprint density at radius 2 is 2.56 bits per heavy atom. The number of thiophene rings is 1. The fourth-order valence-electron chi connectivity index (χ4n) is 1.81. The van der Waals surface area contributed by atoms with E-state index in [0.29, 0.717) is 17.6 Å². The Morgan fingerprint density at radius 1 is 1.62 bits per heavy atom. The van der Waals surface area contributed by atoms with Crippen LogP contribution in [0.25, 0.3) is 0 Å². The second kappa shape index (κ2) is 6.01. The molecule has 4 heteroatoms. The minimum absolute atomic E-state index is 0.206. The molecule has 0 amide bonds. The normalized spacial score (nSPS) is 19.9. The maximum Gasteiger partial charge on any atom is 0.348 e. The van der Waals surface area contributed by atoms with Crippen LogP contribution in [0.3, 0.4) is 0 Å². The molecule has 3 nitrogen and oxygen atoms in total. The molecule has 2 rings (SSSR count). The number of carbonyl (C=O) groups is 1. The van der Waals surface area contributed by atoms with Crippen LogP contribution in [-0.4, -0.2) is 25.3 Å². The lowest BCUT2D eigenvalue weighted by Crippen LogP contribution is -2.09. The van der Waals surface area contributed by atoms with Crippen molar-refractivity contribution >= 4 is 17.3 Å². The number of esters is 1. The molecule has 0 N–H and O–H groups in total. The highest BCUT2D eigenvalue weighted by Gasteiger charge is 2.15. The Labute approximate surface area is 99.4 Å². The summed E-state index contributed by atoms with van der Waals surface area (Å²) in [4.78, 5) is 12.1. The molecule has 1 aromatic rings. The van der Waals surface area contributed by atoms with Gasteiger partial charge in [0.05, 0.1) is 12.7 Å². The quantitative estimate of drug-likeness (QED) is 0.586. The molecule has 0 saturated carbocycles. The van der Waals surface area contributed by atoms with Gasteiger partial charge in [-0.25, -0.2) is 4.79 Å². The Hall–Kier alpha value is -0.870. The molecule has 1 aromatic heterocycles. The molecule has 0 spiro atoms. The van der Waals surface area contributed by atoms with Crippen molar-refractivity contribution in [3.8, 4) is 0 Å². The van der Waals surface area contributed by atoms with Gasteiger partial charge in [-0.3, -0.25) is 0 Å². The Morgan fingerprint density at radius 3 is 3.25 bits per heavy atom. The molecule has 0 aromatic carbocycles. The lowest BCUT2D eigenvalue weighted by atomic mass is 10.1. The number of rotatable bonds is 5. The van der Waals surface area contributed by atoms with E-state index >= 15 is 0 Å². The first-order valence-corrected chi connectivity index (χ1v) is 6.56. The van der Waals surface area contributed by atoms with E-state index in [0.717, 1.165) is 25.9 Å². The van der Waals surface area contributed by atoms with Crippen LogP contribution in [-0.2, 0) is 9.47 Å². The van der Waals surface area contributed by atoms with Crippen LogP contribution in [0.5, 0.6) is 0 Å². The van der Waals surface area contributed by atoms with Gasteiger partial charge in [0.25, 0.3) is 0 Å². The standard InChI is InChI=1S/C12H16O3S/c13-12(11-6-3-9-16-11)15-8-2-5-10-4-1-7-14-10/h3,6,9-10H,1-2,4-5,7-8H2/t10-/m0/s1. The summed E-state index contributed by atoms with van der Waals surface area (Å²) in [6, 6.07) is 3.64. The van der Waals surface area contributed by atoms with Crippen molar-refractivity contribution in [1.82, 2.24) is 0 Å². The summed E-state index contributed by atoms with van der Waals surface area (Å²) in [5.41, 5.74) is 0. The SMILES string of the molecule is O=C(OCCC[C@@H]1CCCO1)c1cccs1. The zero-order chi connectivity index (χ0) is 11.2. The number of hydrogen-bond donors (Lipinski definition) is 0. The summed E-state index contributed by atoms with van der Waals surface area (Å²) >= 11 is 1.42. The average molecular weight is 240 g/mol. The highest BCUT2D eigenvalue weighted by Crippen LogP contribution is 2.17. The fraction of sp³-hybridized carbons (Fsp3) is 0.583. The smallest absolute Gasteiger partial charge is 0.348 e. The van der Waals surface area contributed by atoms with Gasteiger partial charge in [0.2, 0.25) is 0 Å². The molecule has 0 aliphatic carbocycles. The second-order valence-corrected chi connectivity index (χ2v) is 4.84. The Bertz CT molecular complexity index is 315. The molecule has 2 heterocycles. The summed E-state index contributed by atoms with van der Waals surface area (Å²) in [5.74, 6) is -0.206. The monoisotopic (exact) mass is 240 g/mol. The molecule has 16 heavy (non-hydrogen) atoms. The first-order chi connectivity index (χ1) is 7.86. The van der Waals surface area contributed by atoms with Gasteiger partial charge in [0, 0.05) is 6.61 Å². The highest BCUT2D eigenvalue weighted by molar-refractivity contribution is 7.11. The Kier molecular flexibility index (Phi) is 4.36. The van der Waals surface area contributed by atoms with E-state index in [2.05, 4.69) is 0 Å². The molecular formula is C12H16O3S. The van der Waals surface area contributed by atoms with Crippen molar-refractivity contribution < 1.29 is 14.3 Å². The van der Waals surface area contributed by atoms with Crippen molar-refractivity contribution in [2.75, 3.05) is 13.2 Å². The van der Waals surface area contributed by atoms with Crippen molar-refractivity contribution in [1.29, 1.82) is 0 Å². The topological polar surface area (TPSA) is 35.5 Å². The van der Waals surface area contributed by atoms with Crippen molar-refractivity contribution in [3.05, 3.63) is 22.4 Å². The van der Waals surface area contributed by atoms with Crippen LogP contribution < -0.4 is 0 Å². The molecule has 1 aliphatic heterocycles. The van der Waals surface area contributed by atoms with Gasteiger partial charge in [-0.15, -0.1) is 11.3 Å². The lowest BCUT2D eigenvalue weighted by molar-refractivity contribution is 0.0466. The third kappa shape index (κ3) is 3.32. The first-order valence-electron chi connectivity index (χ1n) is 5.68. The molecular weight excluding hydrogens is 224 g/mol. The van der Waals surface area contributed by atoms with Gasteiger partial charge in [-0.05, 0) is 37.1 Å². The van der Waals surface area contributed by atoms with E-state index < -0.39 is 0 Å². The maximum atomic E-state index is 11.5. The molecule has 0 radical (unpaired) electrons. The van der Waals surface area contributed by atoms with Gasteiger partial charge in [-0.1, -0.05) is 6.07 Å². The molecule has 0 unspecified atom stereocenters. The summed E-state index contributed by atoms with van der Waals surface area (Å²) in [5, 5.41) is 1.88. The van der Waals surface area contributed by atoms with E-state index in [1.54, 1.807) is 6.07 Å². The molecule has 1 atom stereocenters. The highest BCUT2D eigenvalue weighted by atomic mass is 32.1. The largest absolute Gasteiger partial charge is 0.462 e. The fourth-order valence-corrected chi connectivity index (χ4v) is 2.43. The maximum absolute atomic E-state index is 11.5. The predicted octanol–water partition coefficient (Wildman–Crippen LogP) is 2.86. The van der Waals surface area contributed by atoms with Crippen molar-refractivity contribution in [3.63, 3.8) is 0 Å². The first kappa shape index (κ1) is 11.6. The zero-order valence-electron chi connectivity index (χ0n) is 9.19. The van der Waals surface area contributed by atoms with E-state index in [1.807, 2.05) is 11.4 Å². The van der Waals surface area contributed by atoms with Gasteiger partial charge in [-0.2, -0.15) is 0 Å². The molecule has 0 bridgehead atoms. The molecule has 88 valence electrons. The minimum atomic E-state index is -0.206. The van der Waals surface area contributed by atoms with Crippen molar-refractivity contribution in [2.24, 2.45) is 0 Å². The number of ether oxygens (including phenoxy) is 2. The van der Waals surface area contributed by atoms with Gasteiger partial charge < -0.3 is 9.47 Å². The van der Waals surface area contributed by atoms with Gasteiger partial charge in [0.1, 0.15) is 4.88 Å². The zero-order valence-corrected chi connectivity index (χ0v) is 10.0. The van der Waals surface area contributed by atoms with Gasteiger partial charge >= 0.3 is 5.97 Å². The molecule has 1 fully saturated rings. The second-order valence-electron chi connectivity index (χ2n) is 3.89. The van der Waals surface area contributed by atoms with Crippen LogP contribution in [0.15, 0.2) is 17.5 Å². The lowest BCUT2D eigenvalue weighted by Gasteiger charge is -2.08. The van der Waals surface area contributed by atoms with Crippen LogP contribution in [0.2, 0.25) is 0 Å². The van der Waals surface area contributed by atoms with Crippen LogP contribution in [0.1, 0.15) is 35.4 Å². The van der Waals surface area contributed by atoms with E-state index in [9.17, 15) is 4.79 Å². The summed E-state index contributed by atoms with van der Waals surface area (Å²) in [7, 11) is 0. The summed E-state index contributed by atoms with van der Waals surface area (Å²) in [6.45, 7) is 1.39. The summed E-state index contributed by atoms with van der Waals surface area (Å²) in [6.07, 6.45) is 4.60. The number of hydrogen-bond acceptors (Lipinski definition) is 4. The molecule has 1 aliphatic rings. The third-order valence-corrected chi connectivity index (χ3v) is 3.50. The minimum Gasteiger partial charge on any atom is -0.462 e. The summed E-state index contributed by atoms with van der Waals surface area (Å²) < 4.78 is 10.7. The van der Waals surface area contributed by atoms with Gasteiger partial charge in [0.15, 0.2) is 0 Å². The van der Waals surface area contributed by atoms with E-state index in [-0.39, 0.29) is 5.97 Å². The van der Waals surface area contributed by atoms with Crippen LogP contribution >= 0.6 is 11.3 Å². The third-order valence-electron chi connectivity index (χ3n) is 2.65. The van der Waals surface area contributed by atoms with E-state index in [1.165, 1.54) is 17.8 Å². The van der Waals surface area contributed by atoms with Crippen LogP contribution in [0.4, 0.5) is 0 Å². The van der Waals surface area contributed by atoms with Crippen LogP contribution in [0, 0.1) is 0 Å². The molecule has 1 saturated heterocycles. The average Bonchev–Trinajstić information content (AvgIpc) is 2.96. The predicted molar refractivity (Wildman–Crippen MR) is 62.8 cm³/mol. The number of carbonyl (C=O) groups excluding carboxylic acids is 1.